The second-order valence-electron chi connectivity index (χ2n) is 10.8. The summed E-state index contributed by atoms with van der Waals surface area (Å²) in [5, 5.41) is 0.753. The van der Waals surface area contributed by atoms with Gasteiger partial charge in [-0.3, -0.25) is 4.72 Å². The van der Waals surface area contributed by atoms with Gasteiger partial charge in [0.2, 0.25) is 5.88 Å². The largest absolute Gasteiger partial charge is 0.480 e. The van der Waals surface area contributed by atoms with Crippen LogP contribution in [0.2, 0.25) is 0 Å². The fourth-order valence-corrected chi connectivity index (χ4v) is 5.72. The maximum Gasteiger partial charge on any atom is 0.410 e. The summed E-state index contributed by atoms with van der Waals surface area (Å²) in [5.74, 6) is -2.17. The first-order chi connectivity index (χ1) is 20.3. The maximum absolute atomic E-state index is 14.3. The number of rotatable bonds is 6. The van der Waals surface area contributed by atoms with Gasteiger partial charge in [-0.25, -0.2) is 36.9 Å². The number of ether oxygens (including phenoxy) is 2. The van der Waals surface area contributed by atoms with Crippen molar-refractivity contribution in [3.05, 3.63) is 78.4 Å². The molecule has 4 aromatic rings. The van der Waals surface area contributed by atoms with Crippen LogP contribution in [0.15, 0.2) is 66.0 Å². The van der Waals surface area contributed by atoms with Gasteiger partial charge in [0.15, 0.2) is 0 Å². The van der Waals surface area contributed by atoms with E-state index in [-0.39, 0.29) is 17.7 Å². The topological polar surface area (TPSA) is 124 Å². The molecule has 0 aliphatic carbocycles. The first-order valence-corrected chi connectivity index (χ1v) is 14.8. The molecule has 1 aliphatic heterocycles. The Balaban J connectivity index is 1.47. The Morgan fingerprint density at radius 1 is 1.02 bits per heavy atom. The number of carbonyl (C=O) groups is 1. The van der Waals surface area contributed by atoms with Crippen molar-refractivity contribution in [1.82, 2.24) is 19.9 Å². The molecule has 2 aromatic heterocycles. The lowest BCUT2D eigenvalue weighted by molar-refractivity contribution is 0.0270. The van der Waals surface area contributed by atoms with Crippen molar-refractivity contribution >= 4 is 38.3 Å². The van der Waals surface area contributed by atoms with Gasteiger partial charge in [0.25, 0.3) is 10.0 Å². The number of sulfonamides is 1. The highest BCUT2D eigenvalue weighted by atomic mass is 32.2. The van der Waals surface area contributed by atoms with Gasteiger partial charge in [0.1, 0.15) is 34.1 Å². The Hall–Kier alpha value is -4.65. The van der Waals surface area contributed by atoms with Gasteiger partial charge < -0.3 is 14.4 Å². The minimum Gasteiger partial charge on any atom is -0.480 e. The summed E-state index contributed by atoms with van der Waals surface area (Å²) < 4.78 is 66.6. The number of aromatic nitrogens is 3. The molecule has 0 saturated heterocycles. The number of hydrogen-bond donors (Lipinski definition) is 1. The molecule has 224 valence electrons. The second-order valence-corrected chi connectivity index (χ2v) is 12.5. The van der Waals surface area contributed by atoms with Crippen LogP contribution < -0.4 is 9.46 Å². The number of halogens is 2. The van der Waals surface area contributed by atoms with E-state index in [9.17, 15) is 22.0 Å². The first kappa shape index (κ1) is 29.8. The summed E-state index contributed by atoms with van der Waals surface area (Å²) in [6, 6.07) is 9.19. The third-order valence-electron chi connectivity index (χ3n) is 6.61. The summed E-state index contributed by atoms with van der Waals surface area (Å²) in [6.07, 6.45) is 5.12. The van der Waals surface area contributed by atoms with Crippen LogP contribution in [-0.4, -0.2) is 60.2 Å². The molecule has 10 nitrogen and oxygen atoms in total. The lowest BCUT2D eigenvalue weighted by Crippen LogP contribution is -2.39. The van der Waals surface area contributed by atoms with Crippen LogP contribution in [0.25, 0.3) is 27.6 Å². The van der Waals surface area contributed by atoms with E-state index >= 15 is 0 Å². The average Bonchev–Trinajstić information content (AvgIpc) is 2.95. The fraction of sp³-hybridized carbons (Fsp3) is 0.267. The molecule has 1 aliphatic rings. The summed E-state index contributed by atoms with van der Waals surface area (Å²) in [5.41, 5.74) is 2.94. The number of anilines is 1. The fourth-order valence-electron chi connectivity index (χ4n) is 4.61. The van der Waals surface area contributed by atoms with Crippen molar-refractivity contribution in [2.75, 3.05) is 24.9 Å². The molecule has 0 atom stereocenters. The summed E-state index contributed by atoms with van der Waals surface area (Å²) in [7, 11) is -3.13. The van der Waals surface area contributed by atoms with Gasteiger partial charge in [0.05, 0.1) is 18.3 Å². The summed E-state index contributed by atoms with van der Waals surface area (Å²) >= 11 is 0. The van der Waals surface area contributed by atoms with E-state index in [0.29, 0.717) is 47.9 Å². The molecule has 2 aromatic carbocycles. The number of pyridine rings is 1. The number of nitrogens with zero attached hydrogens (tertiary/aromatic N) is 4. The molecule has 13 heteroatoms. The predicted molar refractivity (Wildman–Crippen MR) is 157 cm³/mol. The molecule has 0 radical (unpaired) electrons. The average molecular weight is 610 g/mol. The molecular formula is C30H29F2N5O5S. The molecule has 5 rings (SSSR count). The van der Waals surface area contributed by atoms with Gasteiger partial charge in [-0.1, -0.05) is 12.1 Å². The van der Waals surface area contributed by atoms with Gasteiger partial charge in [-0.15, -0.1) is 0 Å². The van der Waals surface area contributed by atoms with E-state index in [0.717, 1.165) is 23.1 Å². The smallest absolute Gasteiger partial charge is 0.410 e. The third-order valence-corrected chi connectivity index (χ3v) is 8.00. The minimum atomic E-state index is -4.45. The Bertz CT molecular complexity index is 1860. The number of hydrogen-bond acceptors (Lipinski definition) is 8. The van der Waals surface area contributed by atoms with Crippen LogP contribution in [-0.2, 0) is 14.8 Å². The molecule has 0 bridgehead atoms. The summed E-state index contributed by atoms with van der Waals surface area (Å²) in [6.45, 7) is 6.30. The Morgan fingerprint density at radius 3 is 2.49 bits per heavy atom. The number of methoxy groups -OCH3 is 1. The van der Waals surface area contributed by atoms with Crippen LogP contribution in [0.3, 0.4) is 0 Å². The SMILES string of the molecule is COc1ncc(-c2ccc3ncnc(C4=CCN(C(=O)OC(C)(C)C)CC4)c3c2)cc1NS(=O)(=O)c1ccc(F)cc1F. The van der Waals surface area contributed by atoms with E-state index in [2.05, 4.69) is 19.7 Å². The molecule has 0 unspecified atom stereocenters. The highest BCUT2D eigenvalue weighted by Crippen LogP contribution is 2.34. The van der Waals surface area contributed by atoms with Crippen molar-refractivity contribution in [2.45, 2.75) is 37.7 Å². The lowest BCUT2D eigenvalue weighted by atomic mass is 9.98. The van der Waals surface area contributed by atoms with Crippen LogP contribution in [0, 0.1) is 11.6 Å². The number of amides is 1. The molecule has 3 heterocycles. The van der Waals surface area contributed by atoms with Crippen LogP contribution in [0.1, 0.15) is 32.9 Å². The highest BCUT2D eigenvalue weighted by molar-refractivity contribution is 7.92. The zero-order valence-electron chi connectivity index (χ0n) is 23.9. The van der Waals surface area contributed by atoms with Crippen LogP contribution in [0.5, 0.6) is 5.88 Å². The Labute approximate surface area is 247 Å². The van der Waals surface area contributed by atoms with E-state index in [1.807, 2.05) is 39.0 Å². The van der Waals surface area contributed by atoms with Crippen molar-refractivity contribution < 1.29 is 31.5 Å². The first-order valence-electron chi connectivity index (χ1n) is 13.3. The van der Waals surface area contributed by atoms with E-state index in [1.54, 1.807) is 11.0 Å². The van der Waals surface area contributed by atoms with E-state index in [4.69, 9.17) is 9.47 Å². The molecular weight excluding hydrogens is 580 g/mol. The number of fused-ring (bicyclic) bond motifs is 1. The maximum atomic E-state index is 14.3. The van der Waals surface area contributed by atoms with Gasteiger partial charge in [-0.05, 0) is 68.7 Å². The molecule has 1 N–H and O–H groups in total. The Morgan fingerprint density at radius 2 is 1.81 bits per heavy atom. The molecule has 43 heavy (non-hydrogen) atoms. The molecule has 0 saturated carbocycles. The van der Waals surface area contributed by atoms with Crippen molar-refractivity contribution in [3.63, 3.8) is 0 Å². The van der Waals surface area contributed by atoms with Crippen molar-refractivity contribution in [1.29, 1.82) is 0 Å². The van der Waals surface area contributed by atoms with E-state index in [1.165, 1.54) is 25.7 Å². The normalized spacial score (nSPS) is 13.9. The molecule has 0 fully saturated rings. The van der Waals surface area contributed by atoms with Gasteiger partial charge in [0, 0.05) is 36.3 Å². The zero-order chi connectivity index (χ0) is 30.9. The van der Waals surface area contributed by atoms with Crippen LogP contribution >= 0.6 is 0 Å². The van der Waals surface area contributed by atoms with E-state index < -0.39 is 32.2 Å². The lowest BCUT2D eigenvalue weighted by Gasteiger charge is -2.29. The zero-order valence-corrected chi connectivity index (χ0v) is 24.7. The molecule has 1 amide bonds. The number of benzene rings is 2. The van der Waals surface area contributed by atoms with Crippen molar-refractivity contribution in [2.24, 2.45) is 0 Å². The second kappa shape index (κ2) is 11.6. The third kappa shape index (κ3) is 6.56. The molecule has 0 spiro atoms. The van der Waals surface area contributed by atoms with Gasteiger partial charge in [-0.2, -0.15) is 0 Å². The predicted octanol–water partition coefficient (Wildman–Crippen LogP) is 5.80. The van der Waals surface area contributed by atoms with Crippen molar-refractivity contribution in [3.8, 4) is 17.0 Å². The quantitative estimate of drug-likeness (QED) is 0.291. The Kier molecular flexibility index (Phi) is 8.02. The number of nitrogens with one attached hydrogen (secondary N) is 1. The standard InChI is InChI=1S/C30H29F2N5O5S/c1-30(2,3)42-29(38)37-11-9-18(10-12-37)27-22-13-19(5-7-24(22)34-17-35-27)20-14-25(28(41-4)33-16-20)36-43(39,40)26-8-6-21(31)15-23(26)32/h5-9,13-17,36H,10-12H2,1-4H3. The van der Waals surface area contributed by atoms with Gasteiger partial charge >= 0.3 is 6.09 Å². The monoisotopic (exact) mass is 609 g/mol. The minimum absolute atomic E-state index is 0.0365. The summed E-state index contributed by atoms with van der Waals surface area (Å²) in [4.78, 5) is 26.6. The van der Waals surface area contributed by atoms with Crippen LogP contribution in [0.4, 0.5) is 19.3 Å². The number of carbonyl (C=O) groups excluding carboxylic acids is 1. The highest BCUT2D eigenvalue weighted by Gasteiger charge is 2.25.